The first-order valence-corrected chi connectivity index (χ1v) is 9.74. The Morgan fingerprint density at radius 2 is 1.61 bits per heavy atom. The maximum atomic E-state index is 9.58. The first kappa shape index (κ1) is 18.5. The summed E-state index contributed by atoms with van der Waals surface area (Å²) in [6.45, 7) is 11.1. The molecule has 0 saturated carbocycles. The predicted molar refractivity (Wildman–Crippen MR) is 120 cm³/mol. The Morgan fingerprint density at radius 1 is 0.871 bits per heavy atom. The van der Waals surface area contributed by atoms with Gasteiger partial charge in [-0.3, -0.25) is 0 Å². The van der Waals surface area contributed by atoms with Gasteiger partial charge in [0.25, 0.3) is 0 Å². The van der Waals surface area contributed by atoms with E-state index in [1.54, 1.807) is 6.07 Å². The van der Waals surface area contributed by atoms with Crippen molar-refractivity contribution in [1.82, 2.24) is 19.5 Å². The first-order valence-electron chi connectivity index (χ1n) is 9.74. The molecule has 0 aliphatic rings. The summed E-state index contributed by atoms with van der Waals surface area (Å²) >= 11 is 0. The van der Waals surface area contributed by atoms with Crippen LogP contribution in [0.5, 0.6) is 0 Å². The zero-order chi connectivity index (χ0) is 21.5. The second kappa shape index (κ2) is 7.05. The van der Waals surface area contributed by atoms with Crippen LogP contribution in [0.1, 0.15) is 17.2 Å². The SMILES string of the molecule is [C-]#[N+]c1ccc2c3ccccc3n(-c3cc(C#N)ccc3-c3nc(C)nc(C)n3)c2c1. The van der Waals surface area contributed by atoms with Crippen molar-refractivity contribution in [2.75, 3.05) is 0 Å². The molecule has 5 aromatic rings. The third kappa shape index (κ3) is 2.99. The van der Waals surface area contributed by atoms with Gasteiger partial charge in [-0.1, -0.05) is 30.3 Å². The van der Waals surface area contributed by atoms with Crippen LogP contribution in [-0.2, 0) is 0 Å². The summed E-state index contributed by atoms with van der Waals surface area (Å²) in [4.78, 5) is 17.0. The van der Waals surface area contributed by atoms with Crippen molar-refractivity contribution >= 4 is 27.5 Å². The Hall–Kier alpha value is -4.55. The van der Waals surface area contributed by atoms with Crippen molar-refractivity contribution in [2.45, 2.75) is 13.8 Å². The van der Waals surface area contributed by atoms with Crippen molar-refractivity contribution in [2.24, 2.45) is 0 Å². The molecular weight excluding hydrogens is 384 g/mol. The standard InChI is InChI=1S/C25H16N6/c1-15-28-16(2)30-25(29-15)21-10-8-17(14-26)12-23(21)31-22-7-5-4-6-19(22)20-11-9-18(27-3)13-24(20)31/h4-13H,1-2H3. The van der Waals surface area contributed by atoms with Gasteiger partial charge >= 0.3 is 0 Å². The van der Waals surface area contributed by atoms with E-state index in [0.717, 1.165) is 33.1 Å². The number of aryl methyl sites for hydroxylation is 2. The minimum atomic E-state index is 0.536. The van der Waals surface area contributed by atoms with Gasteiger partial charge in [0, 0.05) is 21.9 Å². The van der Waals surface area contributed by atoms with E-state index in [2.05, 4.69) is 36.5 Å². The van der Waals surface area contributed by atoms with Crippen molar-refractivity contribution in [1.29, 1.82) is 5.26 Å². The Bertz CT molecular complexity index is 1560. The van der Waals surface area contributed by atoms with Crippen LogP contribution in [-0.4, -0.2) is 19.5 Å². The molecule has 6 heteroatoms. The lowest BCUT2D eigenvalue weighted by atomic mass is 10.1. The molecular formula is C25H16N6. The molecule has 0 amide bonds. The lowest BCUT2D eigenvalue weighted by Gasteiger charge is -2.14. The lowest BCUT2D eigenvalue weighted by Crippen LogP contribution is -2.03. The van der Waals surface area contributed by atoms with Crippen LogP contribution in [0, 0.1) is 31.8 Å². The molecule has 3 aromatic carbocycles. The van der Waals surface area contributed by atoms with Crippen molar-refractivity contribution in [3.05, 3.63) is 89.3 Å². The summed E-state index contributed by atoms with van der Waals surface area (Å²) in [6, 6.07) is 21.5. The highest BCUT2D eigenvalue weighted by atomic mass is 15.0. The molecule has 0 aliphatic heterocycles. The fourth-order valence-electron chi connectivity index (χ4n) is 4.00. The quantitative estimate of drug-likeness (QED) is 0.358. The van der Waals surface area contributed by atoms with Gasteiger partial charge in [-0.05, 0) is 44.2 Å². The van der Waals surface area contributed by atoms with Crippen LogP contribution in [0.15, 0.2) is 60.7 Å². The normalized spacial score (nSPS) is 10.8. The molecule has 0 unspecified atom stereocenters. The topological polar surface area (TPSA) is 71.8 Å². The van der Waals surface area contributed by atoms with E-state index in [1.807, 2.05) is 62.4 Å². The Morgan fingerprint density at radius 3 is 2.35 bits per heavy atom. The highest BCUT2D eigenvalue weighted by Gasteiger charge is 2.18. The summed E-state index contributed by atoms with van der Waals surface area (Å²) in [5.74, 6) is 1.82. The molecule has 0 N–H and O–H groups in total. The molecule has 0 radical (unpaired) electrons. The van der Waals surface area contributed by atoms with Crippen molar-refractivity contribution < 1.29 is 0 Å². The minimum absolute atomic E-state index is 0.536. The summed E-state index contributed by atoms with van der Waals surface area (Å²) in [5, 5.41) is 11.7. The molecule has 0 aliphatic carbocycles. The number of para-hydroxylation sites is 1. The van der Waals surface area contributed by atoms with E-state index in [1.165, 1.54) is 0 Å². The fraction of sp³-hybridized carbons (Fsp3) is 0.0800. The summed E-state index contributed by atoms with van der Waals surface area (Å²) in [7, 11) is 0. The zero-order valence-corrected chi connectivity index (χ0v) is 17.0. The van der Waals surface area contributed by atoms with E-state index in [9.17, 15) is 5.26 Å². The maximum absolute atomic E-state index is 9.58. The summed E-state index contributed by atoms with van der Waals surface area (Å²) in [5.41, 5.74) is 4.56. The molecule has 0 spiro atoms. The minimum Gasteiger partial charge on any atom is -0.310 e. The molecule has 0 saturated heterocycles. The Labute approximate surface area is 178 Å². The number of fused-ring (bicyclic) bond motifs is 3. The van der Waals surface area contributed by atoms with Crippen molar-refractivity contribution in [3.63, 3.8) is 0 Å². The average molecular weight is 400 g/mol. The van der Waals surface area contributed by atoms with Crippen LogP contribution in [0.4, 0.5) is 5.69 Å². The van der Waals surface area contributed by atoms with E-state index >= 15 is 0 Å². The van der Waals surface area contributed by atoms with Gasteiger partial charge in [-0.2, -0.15) is 5.26 Å². The highest BCUT2D eigenvalue weighted by molar-refractivity contribution is 6.10. The maximum Gasteiger partial charge on any atom is 0.189 e. The molecule has 2 heterocycles. The molecule has 0 bridgehead atoms. The molecule has 0 fully saturated rings. The van der Waals surface area contributed by atoms with E-state index in [-0.39, 0.29) is 0 Å². The molecule has 2 aromatic heterocycles. The number of nitriles is 1. The first-order chi connectivity index (χ1) is 15.1. The van der Waals surface area contributed by atoms with Gasteiger partial charge in [-0.15, -0.1) is 0 Å². The van der Waals surface area contributed by atoms with Crippen LogP contribution in [0.2, 0.25) is 0 Å². The second-order valence-corrected chi connectivity index (χ2v) is 7.26. The number of nitrogens with zero attached hydrogens (tertiary/aromatic N) is 6. The van der Waals surface area contributed by atoms with Gasteiger partial charge in [0.1, 0.15) is 11.6 Å². The Balaban J connectivity index is 1.95. The molecule has 5 rings (SSSR count). The zero-order valence-electron chi connectivity index (χ0n) is 17.0. The fourth-order valence-corrected chi connectivity index (χ4v) is 4.00. The van der Waals surface area contributed by atoms with Gasteiger partial charge in [0.05, 0.1) is 29.4 Å². The third-order valence-corrected chi connectivity index (χ3v) is 5.25. The third-order valence-electron chi connectivity index (χ3n) is 5.25. The van der Waals surface area contributed by atoms with Gasteiger partial charge < -0.3 is 4.57 Å². The molecule has 146 valence electrons. The number of aromatic nitrogens is 4. The van der Waals surface area contributed by atoms with Gasteiger partial charge in [0.2, 0.25) is 0 Å². The number of benzene rings is 3. The monoisotopic (exact) mass is 400 g/mol. The molecule has 6 nitrogen and oxygen atoms in total. The van der Waals surface area contributed by atoms with Crippen LogP contribution in [0.3, 0.4) is 0 Å². The van der Waals surface area contributed by atoms with Crippen LogP contribution >= 0.6 is 0 Å². The Kier molecular flexibility index (Phi) is 4.20. The summed E-state index contributed by atoms with van der Waals surface area (Å²) < 4.78 is 2.09. The largest absolute Gasteiger partial charge is 0.310 e. The van der Waals surface area contributed by atoms with Crippen LogP contribution < -0.4 is 0 Å². The number of rotatable bonds is 2. The highest BCUT2D eigenvalue weighted by Crippen LogP contribution is 2.37. The number of hydrogen-bond acceptors (Lipinski definition) is 4. The van der Waals surface area contributed by atoms with E-state index < -0.39 is 0 Å². The molecule has 31 heavy (non-hydrogen) atoms. The molecule has 0 atom stereocenters. The van der Waals surface area contributed by atoms with Gasteiger partial charge in [0.15, 0.2) is 11.5 Å². The summed E-state index contributed by atoms with van der Waals surface area (Å²) in [6.07, 6.45) is 0. The van der Waals surface area contributed by atoms with E-state index in [4.69, 9.17) is 6.57 Å². The number of hydrogen-bond donors (Lipinski definition) is 0. The smallest absolute Gasteiger partial charge is 0.189 e. The van der Waals surface area contributed by atoms with Crippen molar-refractivity contribution in [3.8, 4) is 23.1 Å². The van der Waals surface area contributed by atoms with Crippen LogP contribution in [0.25, 0.3) is 43.7 Å². The van der Waals surface area contributed by atoms with Gasteiger partial charge in [-0.25, -0.2) is 19.8 Å². The lowest BCUT2D eigenvalue weighted by molar-refractivity contribution is 0.926. The van der Waals surface area contributed by atoms with E-state index in [0.29, 0.717) is 28.7 Å². The average Bonchev–Trinajstić information content (AvgIpc) is 3.11. The second-order valence-electron chi connectivity index (χ2n) is 7.26. The predicted octanol–water partition coefficient (Wildman–Crippen LogP) is 5.68.